The lowest BCUT2D eigenvalue weighted by Crippen LogP contribution is -2.16. The highest BCUT2D eigenvalue weighted by atomic mass is 32.2. The van der Waals surface area contributed by atoms with E-state index in [1.165, 1.54) is 23.1 Å². The van der Waals surface area contributed by atoms with Crippen LogP contribution in [-0.2, 0) is 11.2 Å². The first-order valence-corrected chi connectivity index (χ1v) is 9.02. The Morgan fingerprint density at radius 1 is 1.35 bits per heavy atom. The highest BCUT2D eigenvalue weighted by Gasteiger charge is 2.09. The predicted molar refractivity (Wildman–Crippen MR) is 95.4 cm³/mol. The van der Waals surface area contributed by atoms with E-state index in [4.69, 9.17) is 0 Å². The fourth-order valence-corrected chi connectivity index (χ4v) is 3.58. The number of thiophene rings is 1. The van der Waals surface area contributed by atoms with E-state index in [0.29, 0.717) is 15.4 Å². The molecule has 0 radical (unpaired) electrons. The fourth-order valence-electron chi connectivity index (χ4n) is 2.19. The van der Waals surface area contributed by atoms with Gasteiger partial charge in [0, 0.05) is 5.69 Å². The molecular formula is C16H15N3O2S2. The third kappa shape index (κ3) is 3.62. The standard InChI is InChI=1S/C16H15N3O2S2/c1-2-10-5-3-4-6-11(10)17-13(20)9-23-16-18-12-7-8-22-14(12)15(21)19-16/h3-8H,2,9H2,1H3,(H,17,20)(H,18,19,21). The zero-order valence-electron chi connectivity index (χ0n) is 12.5. The molecule has 0 aliphatic heterocycles. The summed E-state index contributed by atoms with van der Waals surface area (Å²) in [4.78, 5) is 31.0. The number of aromatic amines is 1. The Hall–Kier alpha value is -2.12. The van der Waals surface area contributed by atoms with E-state index >= 15 is 0 Å². The van der Waals surface area contributed by atoms with Gasteiger partial charge in [-0.15, -0.1) is 11.3 Å². The van der Waals surface area contributed by atoms with Gasteiger partial charge >= 0.3 is 0 Å². The van der Waals surface area contributed by atoms with Crippen LogP contribution in [0.2, 0.25) is 0 Å². The molecule has 2 heterocycles. The average Bonchev–Trinajstić information content (AvgIpc) is 3.02. The Labute approximate surface area is 141 Å². The van der Waals surface area contributed by atoms with Gasteiger partial charge in [0.05, 0.1) is 11.3 Å². The first-order valence-electron chi connectivity index (χ1n) is 7.15. The molecule has 0 atom stereocenters. The number of carbonyl (C=O) groups excluding carboxylic acids is 1. The van der Waals surface area contributed by atoms with Crippen LogP contribution < -0.4 is 10.9 Å². The van der Waals surface area contributed by atoms with Crippen molar-refractivity contribution in [2.75, 3.05) is 11.1 Å². The molecular weight excluding hydrogens is 330 g/mol. The fraction of sp³-hybridized carbons (Fsp3) is 0.188. The molecule has 0 spiro atoms. The maximum atomic E-state index is 12.1. The second kappa shape index (κ2) is 6.97. The number of aromatic nitrogens is 2. The molecule has 3 rings (SSSR count). The van der Waals surface area contributed by atoms with Gasteiger partial charge < -0.3 is 10.3 Å². The number of benzene rings is 1. The van der Waals surface area contributed by atoms with Gasteiger partial charge in [-0.2, -0.15) is 0 Å². The van der Waals surface area contributed by atoms with Gasteiger partial charge in [0.25, 0.3) is 5.56 Å². The van der Waals surface area contributed by atoms with Crippen LogP contribution in [0, 0.1) is 0 Å². The highest BCUT2D eigenvalue weighted by Crippen LogP contribution is 2.19. The monoisotopic (exact) mass is 345 g/mol. The van der Waals surface area contributed by atoms with Gasteiger partial charge in [-0.1, -0.05) is 36.9 Å². The molecule has 1 aromatic carbocycles. The van der Waals surface area contributed by atoms with Crippen molar-refractivity contribution in [3.8, 4) is 0 Å². The number of thioether (sulfide) groups is 1. The van der Waals surface area contributed by atoms with Crippen LogP contribution in [0.3, 0.4) is 0 Å². The van der Waals surface area contributed by atoms with Crippen LogP contribution >= 0.6 is 23.1 Å². The molecule has 1 amide bonds. The summed E-state index contributed by atoms with van der Waals surface area (Å²) in [6, 6.07) is 9.53. The van der Waals surface area contributed by atoms with Gasteiger partial charge in [0.15, 0.2) is 5.16 Å². The van der Waals surface area contributed by atoms with E-state index in [0.717, 1.165) is 17.7 Å². The van der Waals surface area contributed by atoms with E-state index in [1.807, 2.05) is 36.6 Å². The maximum Gasteiger partial charge on any atom is 0.269 e. The third-order valence-corrected chi connectivity index (χ3v) is 5.08. The topological polar surface area (TPSA) is 74.8 Å². The number of aryl methyl sites for hydroxylation is 1. The lowest BCUT2D eigenvalue weighted by atomic mass is 10.1. The van der Waals surface area contributed by atoms with Gasteiger partial charge in [0.2, 0.25) is 5.91 Å². The number of hydrogen-bond acceptors (Lipinski definition) is 5. The molecule has 118 valence electrons. The summed E-state index contributed by atoms with van der Waals surface area (Å²) in [6.45, 7) is 2.05. The van der Waals surface area contributed by atoms with Crippen LogP contribution in [0.4, 0.5) is 5.69 Å². The Balaban J connectivity index is 1.67. The number of rotatable bonds is 5. The molecule has 7 heteroatoms. The number of nitrogens with one attached hydrogen (secondary N) is 2. The van der Waals surface area contributed by atoms with Gasteiger partial charge in [-0.25, -0.2) is 4.98 Å². The predicted octanol–water partition coefficient (Wildman–Crippen LogP) is 3.28. The largest absolute Gasteiger partial charge is 0.325 e. The number of nitrogens with zero attached hydrogens (tertiary/aromatic N) is 1. The summed E-state index contributed by atoms with van der Waals surface area (Å²) in [6.07, 6.45) is 0.854. The number of hydrogen-bond donors (Lipinski definition) is 2. The van der Waals surface area contributed by atoms with Crippen molar-refractivity contribution < 1.29 is 4.79 Å². The zero-order chi connectivity index (χ0) is 16.2. The van der Waals surface area contributed by atoms with Crippen LogP contribution in [0.15, 0.2) is 45.7 Å². The molecule has 23 heavy (non-hydrogen) atoms. The molecule has 0 aliphatic carbocycles. The molecule has 0 unspecified atom stereocenters. The Bertz CT molecular complexity index is 901. The van der Waals surface area contributed by atoms with Gasteiger partial charge in [-0.05, 0) is 29.5 Å². The van der Waals surface area contributed by atoms with Crippen molar-refractivity contribution in [2.45, 2.75) is 18.5 Å². The van der Waals surface area contributed by atoms with Crippen molar-refractivity contribution in [1.29, 1.82) is 0 Å². The Morgan fingerprint density at radius 2 is 2.17 bits per heavy atom. The van der Waals surface area contributed by atoms with Crippen molar-refractivity contribution in [3.05, 3.63) is 51.6 Å². The van der Waals surface area contributed by atoms with Crippen LogP contribution in [0.1, 0.15) is 12.5 Å². The minimum atomic E-state index is -0.163. The summed E-state index contributed by atoms with van der Waals surface area (Å²) in [5.41, 5.74) is 2.43. The highest BCUT2D eigenvalue weighted by molar-refractivity contribution is 7.99. The number of H-pyrrole nitrogens is 1. The second-order valence-electron chi connectivity index (χ2n) is 4.85. The van der Waals surface area contributed by atoms with E-state index in [1.54, 1.807) is 6.07 Å². The summed E-state index contributed by atoms with van der Waals surface area (Å²) in [7, 11) is 0. The molecule has 2 N–H and O–H groups in total. The first-order chi connectivity index (χ1) is 11.2. The average molecular weight is 345 g/mol. The molecule has 0 fully saturated rings. The summed E-state index contributed by atoms with van der Waals surface area (Å²) in [5, 5.41) is 5.19. The number of fused-ring (bicyclic) bond motifs is 1. The second-order valence-corrected chi connectivity index (χ2v) is 6.73. The molecule has 0 saturated carbocycles. The molecule has 0 aliphatic rings. The molecule has 0 saturated heterocycles. The van der Waals surface area contributed by atoms with Gasteiger partial charge in [-0.3, -0.25) is 9.59 Å². The number of anilines is 1. The van der Waals surface area contributed by atoms with E-state index in [-0.39, 0.29) is 17.2 Å². The number of amides is 1. The van der Waals surface area contributed by atoms with E-state index in [9.17, 15) is 9.59 Å². The number of para-hydroxylation sites is 1. The number of carbonyl (C=O) groups is 1. The molecule has 2 aromatic heterocycles. The lowest BCUT2D eigenvalue weighted by molar-refractivity contribution is -0.113. The van der Waals surface area contributed by atoms with Crippen molar-refractivity contribution in [1.82, 2.24) is 9.97 Å². The smallest absolute Gasteiger partial charge is 0.269 e. The SMILES string of the molecule is CCc1ccccc1NC(=O)CSc1nc2ccsc2c(=O)[nH]1. The molecule has 5 nitrogen and oxygen atoms in total. The first kappa shape index (κ1) is 15.8. The van der Waals surface area contributed by atoms with E-state index in [2.05, 4.69) is 15.3 Å². The van der Waals surface area contributed by atoms with Crippen LogP contribution in [-0.4, -0.2) is 21.6 Å². The quantitative estimate of drug-likeness (QED) is 0.550. The van der Waals surface area contributed by atoms with Crippen LogP contribution in [0.25, 0.3) is 10.2 Å². The van der Waals surface area contributed by atoms with Crippen molar-refractivity contribution >= 4 is 44.9 Å². The normalized spacial score (nSPS) is 10.8. The third-order valence-electron chi connectivity index (χ3n) is 3.31. The summed E-state index contributed by atoms with van der Waals surface area (Å²) < 4.78 is 0.607. The zero-order valence-corrected chi connectivity index (χ0v) is 14.1. The minimum Gasteiger partial charge on any atom is -0.325 e. The van der Waals surface area contributed by atoms with Crippen LogP contribution in [0.5, 0.6) is 0 Å². The Morgan fingerprint density at radius 3 is 3.00 bits per heavy atom. The van der Waals surface area contributed by atoms with Crippen molar-refractivity contribution in [3.63, 3.8) is 0 Å². The van der Waals surface area contributed by atoms with Gasteiger partial charge in [0.1, 0.15) is 4.70 Å². The summed E-state index contributed by atoms with van der Waals surface area (Å²) in [5.74, 6) is 0.0698. The Kier molecular flexibility index (Phi) is 4.78. The molecule has 3 aromatic rings. The summed E-state index contributed by atoms with van der Waals surface area (Å²) >= 11 is 2.58. The maximum absolute atomic E-state index is 12.1. The lowest BCUT2D eigenvalue weighted by Gasteiger charge is -2.09. The van der Waals surface area contributed by atoms with Crippen molar-refractivity contribution in [2.24, 2.45) is 0 Å². The minimum absolute atomic E-state index is 0.121. The molecule has 0 bridgehead atoms. The van der Waals surface area contributed by atoms with E-state index < -0.39 is 0 Å².